The van der Waals surface area contributed by atoms with Gasteiger partial charge in [0.25, 0.3) is 0 Å². The molecular weight excluding hydrogens is 216 g/mol. The standard InChI is InChI=1S/C10H12.C8H8/c1-3-9-7-5-6-8-10(9)4-2;1-2-8-6-4-3-5-7-8/h3,5-8H,1,4H2,2H3;2-7H,1H2. The van der Waals surface area contributed by atoms with Gasteiger partial charge in [0.15, 0.2) is 0 Å². The SMILES string of the molecule is C=Cc1ccccc1.C=Cc1ccccc1CC. The summed E-state index contributed by atoms with van der Waals surface area (Å²) in [6, 6.07) is 18.4. The highest BCUT2D eigenvalue weighted by molar-refractivity contribution is 5.51. The monoisotopic (exact) mass is 236 g/mol. The average Bonchev–Trinajstić information content (AvgIpc) is 2.48. The smallest absolute Gasteiger partial charge is 0.0231 e. The lowest BCUT2D eigenvalue weighted by atomic mass is 10.1. The lowest BCUT2D eigenvalue weighted by molar-refractivity contribution is 1.13. The highest BCUT2D eigenvalue weighted by Gasteiger charge is 1.91. The summed E-state index contributed by atoms with van der Waals surface area (Å²) in [6.45, 7) is 9.53. The van der Waals surface area contributed by atoms with Gasteiger partial charge in [0.05, 0.1) is 0 Å². The van der Waals surface area contributed by atoms with E-state index in [0.717, 1.165) is 6.42 Å². The fourth-order valence-electron chi connectivity index (χ4n) is 1.64. The van der Waals surface area contributed by atoms with Crippen molar-refractivity contribution in [1.29, 1.82) is 0 Å². The maximum absolute atomic E-state index is 3.74. The lowest BCUT2D eigenvalue weighted by Crippen LogP contribution is -1.83. The molecule has 0 unspecified atom stereocenters. The molecule has 0 heteroatoms. The van der Waals surface area contributed by atoms with E-state index in [2.05, 4.69) is 38.3 Å². The van der Waals surface area contributed by atoms with Crippen LogP contribution in [0.15, 0.2) is 67.8 Å². The van der Waals surface area contributed by atoms with Gasteiger partial charge in [0, 0.05) is 0 Å². The van der Waals surface area contributed by atoms with Crippen molar-refractivity contribution in [2.24, 2.45) is 0 Å². The Morgan fingerprint density at radius 1 is 0.833 bits per heavy atom. The summed E-state index contributed by atoms with van der Waals surface area (Å²) < 4.78 is 0. The molecular formula is C18H20. The van der Waals surface area contributed by atoms with Gasteiger partial charge in [-0.2, -0.15) is 0 Å². The van der Waals surface area contributed by atoms with E-state index in [1.54, 1.807) is 0 Å². The summed E-state index contributed by atoms with van der Waals surface area (Å²) in [6.07, 6.45) is 4.82. The second kappa shape index (κ2) is 8.08. The molecule has 0 aliphatic heterocycles. The molecule has 0 aromatic heterocycles. The molecule has 18 heavy (non-hydrogen) atoms. The van der Waals surface area contributed by atoms with Crippen LogP contribution in [0.2, 0.25) is 0 Å². The van der Waals surface area contributed by atoms with Gasteiger partial charge in [-0.1, -0.05) is 86.8 Å². The predicted octanol–water partition coefficient (Wildman–Crippen LogP) is 5.22. The number of rotatable bonds is 3. The summed E-state index contributed by atoms with van der Waals surface area (Å²) in [4.78, 5) is 0. The van der Waals surface area contributed by atoms with E-state index in [9.17, 15) is 0 Å². The molecule has 2 aromatic carbocycles. The predicted molar refractivity (Wildman–Crippen MR) is 82.4 cm³/mol. The van der Waals surface area contributed by atoms with Crippen LogP contribution in [0.4, 0.5) is 0 Å². The van der Waals surface area contributed by atoms with Gasteiger partial charge in [-0.15, -0.1) is 0 Å². The Bertz CT molecular complexity index is 480. The topological polar surface area (TPSA) is 0 Å². The average molecular weight is 236 g/mol. The third-order valence-electron chi connectivity index (χ3n) is 2.69. The van der Waals surface area contributed by atoms with Crippen LogP contribution in [-0.4, -0.2) is 0 Å². The van der Waals surface area contributed by atoms with Crippen LogP contribution >= 0.6 is 0 Å². The lowest BCUT2D eigenvalue weighted by Gasteiger charge is -1.99. The van der Waals surface area contributed by atoms with Gasteiger partial charge < -0.3 is 0 Å². The van der Waals surface area contributed by atoms with E-state index in [4.69, 9.17) is 0 Å². The molecule has 92 valence electrons. The van der Waals surface area contributed by atoms with Crippen molar-refractivity contribution in [2.45, 2.75) is 13.3 Å². The first-order valence-electron chi connectivity index (χ1n) is 6.19. The maximum Gasteiger partial charge on any atom is -0.0231 e. The van der Waals surface area contributed by atoms with Crippen LogP contribution < -0.4 is 0 Å². The highest BCUT2D eigenvalue weighted by atomic mass is 14.0. The number of aryl methyl sites for hydroxylation is 1. The minimum absolute atomic E-state index is 1.09. The Balaban J connectivity index is 0.000000184. The molecule has 0 spiro atoms. The molecule has 0 fully saturated rings. The largest absolute Gasteiger partial charge is 0.0985 e. The Morgan fingerprint density at radius 3 is 1.89 bits per heavy atom. The van der Waals surface area contributed by atoms with E-state index in [0.29, 0.717) is 0 Å². The molecule has 0 nitrogen and oxygen atoms in total. The molecule has 0 aliphatic rings. The molecule has 0 bridgehead atoms. The third-order valence-corrected chi connectivity index (χ3v) is 2.69. The van der Waals surface area contributed by atoms with Crippen molar-refractivity contribution >= 4 is 12.2 Å². The van der Waals surface area contributed by atoms with Gasteiger partial charge in [0.1, 0.15) is 0 Å². The quantitative estimate of drug-likeness (QED) is 0.685. The summed E-state index contributed by atoms with van der Waals surface area (Å²) in [5.41, 5.74) is 3.80. The van der Waals surface area contributed by atoms with Gasteiger partial charge in [-0.25, -0.2) is 0 Å². The van der Waals surface area contributed by atoms with Crippen molar-refractivity contribution in [2.75, 3.05) is 0 Å². The van der Waals surface area contributed by atoms with Crippen LogP contribution in [-0.2, 0) is 6.42 Å². The normalized spacial score (nSPS) is 8.94. The Labute approximate surface area is 110 Å². The van der Waals surface area contributed by atoms with Gasteiger partial charge in [-0.05, 0) is 23.1 Å². The summed E-state index contributed by atoms with van der Waals surface area (Å²) in [5.74, 6) is 0. The van der Waals surface area contributed by atoms with Gasteiger partial charge >= 0.3 is 0 Å². The number of hydrogen-bond acceptors (Lipinski definition) is 0. The third kappa shape index (κ3) is 4.42. The Kier molecular flexibility index (Phi) is 6.27. The minimum atomic E-state index is 1.09. The zero-order valence-corrected chi connectivity index (χ0v) is 11.0. The second-order valence-corrected chi connectivity index (χ2v) is 3.87. The highest BCUT2D eigenvalue weighted by Crippen LogP contribution is 2.09. The van der Waals surface area contributed by atoms with E-state index in [1.807, 2.05) is 48.6 Å². The van der Waals surface area contributed by atoms with Crippen LogP contribution in [0.5, 0.6) is 0 Å². The summed E-state index contributed by atoms with van der Waals surface area (Å²) >= 11 is 0. The maximum atomic E-state index is 3.74. The number of hydrogen-bond donors (Lipinski definition) is 0. The molecule has 0 atom stereocenters. The molecule has 0 saturated carbocycles. The van der Waals surface area contributed by atoms with E-state index in [-0.39, 0.29) is 0 Å². The minimum Gasteiger partial charge on any atom is -0.0985 e. The first kappa shape index (κ1) is 14.0. The Hall–Kier alpha value is -2.08. The molecule has 0 radical (unpaired) electrons. The molecule has 0 saturated heterocycles. The summed E-state index contributed by atoms with van der Waals surface area (Å²) in [7, 11) is 0. The van der Waals surface area contributed by atoms with E-state index < -0.39 is 0 Å². The van der Waals surface area contributed by atoms with Crippen molar-refractivity contribution in [3.05, 3.63) is 84.4 Å². The van der Waals surface area contributed by atoms with Crippen molar-refractivity contribution in [1.82, 2.24) is 0 Å². The molecule has 0 N–H and O–H groups in total. The molecule has 2 aromatic rings. The van der Waals surface area contributed by atoms with Crippen molar-refractivity contribution in [3.8, 4) is 0 Å². The van der Waals surface area contributed by atoms with Crippen molar-refractivity contribution in [3.63, 3.8) is 0 Å². The zero-order chi connectivity index (χ0) is 13.2. The fourth-order valence-corrected chi connectivity index (χ4v) is 1.64. The van der Waals surface area contributed by atoms with Crippen molar-refractivity contribution < 1.29 is 0 Å². The molecule has 0 amide bonds. The second-order valence-electron chi connectivity index (χ2n) is 3.87. The van der Waals surface area contributed by atoms with Gasteiger partial charge in [0.2, 0.25) is 0 Å². The van der Waals surface area contributed by atoms with Gasteiger partial charge in [-0.3, -0.25) is 0 Å². The van der Waals surface area contributed by atoms with Crippen LogP contribution in [0.25, 0.3) is 12.2 Å². The van der Waals surface area contributed by atoms with E-state index in [1.165, 1.54) is 16.7 Å². The summed E-state index contributed by atoms with van der Waals surface area (Å²) in [5, 5.41) is 0. The first-order valence-corrected chi connectivity index (χ1v) is 6.19. The molecule has 0 aliphatic carbocycles. The van der Waals surface area contributed by atoms with Crippen LogP contribution in [0, 0.1) is 0 Å². The number of benzene rings is 2. The molecule has 2 rings (SSSR count). The first-order chi connectivity index (χ1) is 8.81. The van der Waals surface area contributed by atoms with E-state index >= 15 is 0 Å². The zero-order valence-electron chi connectivity index (χ0n) is 11.0. The fraction of sp³-hybridized carbons (Fsp3) is 0.111. The Morgan fingerprint density at radius 2 is 1.44 bits per heavy atom. The molecule has 0 heterocycles. The van der Waals surface area contributed by atoms with Crippen LogP contribution in [0.3, 0.4) is 0 Å². The van der Waals surface area contributed by atoms with Crippen LogP contribution in [0.1, 0.15) is 23.6 Å².